The number of benzene rings is 1. The van der Waals surface area contributed by atoms with E-state index in [0.29, 0.717) is 11.3 Å². The largest absolute Gasteiger partial charge is 0.462 e. The predicted molar refractivity (Wildman–Crippen MR) is 81.2 cm³/mol. The van der Waals surface area contributed by atoms with Crippen molar-refractivity contribution in [2.24, 2.45) is 0 Å². The van der Waals surface area contributed by atoms with Crippen LogP contribution in [0.4, 0.5) is 5.69 Å². The maximum atomic E-state index is 11.6. The summed E-state index contributed by atoms with van der Waals surface area (Å²) in [5.41, 5.74) is 0.334. The minimum atomic E-state index is -0.594. The molecule has 0 aliphatic carbocycles. The number of ether oxygens (including phenoxy) is 1. The van der Waals surface area contributed by atoms with Gasteiger partial charge in [-0.2, -0.15) is 0 Å². The van der Waals surface area contributed by atoms with Crippen molar-refractivity contribution in [1.29, 1.82) is 0 Å². The number of hydrogen-bond acceptors (Lipinski definition) is 6. The molecule has 0 bridgehead atoms. The van der Waals surface area contributed by atoms with Crippen LogP contribution in [0.5, 0.6) is 0 Å². The number of carbonyl (C=O) groups excluding carboxylic acids is 2. The number of esters is 1. The Balaban J connectivity index is 2.97. The summed E-state index contributed by atoms with van der Waals surface area (Å²) in [6, 6.07) is 4.15. The Morgan fingerprint density at radius 2 is 2.14 bits per heavy atom. The zero-order valence-corrected chi connectivity index (χ0v) is 12.5. The van der Waals surface area contributed by atoms with E-state index < -0.39 is 10.9 Å². The summed E-state index contributed by atoms with van der Waals surface area (Å²) in [4.78, 5) is 32.8. The molecule has 0 saturated carbocycles. The van der Waals surface area contributed by atoms with Gasteiger partial charge in [-0.1, -0.05) is 23.9 Å². The number of thioether (sulfide) groups is 1. The van der Waals surface area contributed by atoms with Gasteiger partial charge in [0, 0.05) is 18.7 Å². The first-order valence-corrected chi connectivity index (χ1v) is 7.19. The second kappa shape index (κ2) is 8.21. The lowest BCUT2D eigenvalue weighted by Crippen LogP contribution is -2.05. The molecular formula is C14H15NO5S. The van der Waals surface area contributed by atoms with Gasteiger partial charge in [0.15, 0.2) is 5.12 Å². The van der Waals surface area contributed by atoms with Crippen molar-refractivity contribution in [1.82, 2.24) is 0 Å². The monoisotopic (exact) mass is 309 g/mol. The first kappa shape index (κ1) is 16.9. The van der Waals surface area contributed by atoms with Crippen molar-refractivity contribution < 1.29 is 19.2 Å². The second-order valence-corrected chi connectivity index (χ2v) is 5.15. The molecule has 0 aliphatic rings. The van der Waals surface area contributed by atoms with Crippen LogP contribution < -0.4 is 0 Å². The molecule has 0 spiro atoms. The molecule has 0 unspecified atom stereocenters. The average molecular weight is 309 g/mol. The van der Waals surface area contributed by atoms with E-state index in [9.17, 15) is 19.7 Å². The van der Waals surface area contributed by atoms with E-state index in [2.05, 4.69) is 0 Å². The Labute approximate surface area is 126 Å². The third kappa shape index (κ3) is 5.39. The van der Waals surface area contributed by atoms with Crippen molar-refractivity contribution in [2.45, 2.75) is 13.8 Å². The Bertz CT molecular complexity index is 583. The SMILES string of the molecule is CCOC(=O)c1ccc(C=CCSC(C)=O)c([N+](=O)[O-])c1. The molecular weight excluding hydrogens is 294 g/mol. The summed E-state index contributed by atoms with van der Waals surface area (Å²) >= 11 is 1.11. The predicted octanol–water partition coefficient (Wildman–Crippen LogP) is 3.06. The molecule has 7 heteroatoms. The normalized spacial score (nSPS) is 10.6. The van der Waals surface area contributed by atoms with Gasteiger partial charge in [-0.3, -0.25) is 14.9 Å². The minimum Gasteiger partial charge on any atom is -0.462 e. The molecule has 0 N–H and O–H groups in total. The lowest BCUT2D eigenvalue weighted by atomic mass is 10.1. The smallest absolute Gasteiger partial charge is 0.338 e. The molecule has 0 saturated heterocycles. The van der Waals surface area contributed by atoms with Gasteiger partial charge < -0.3 is 4.74 Å². The van der Waals surface area contributed by atoms with Crippen molar-refractivity contribution in [3.8, 4) is 0 Å². The Kier molecular flexibility index (Phi) is 6.61. The third-order valence-corrected chi connectivity index (χ3v) is 3.18. The number of rotatable bonds is 6. The number of carbonyl (C=O) groups is 2. The molecule has 1 aromatic rings. The van der Waals surface area contributed by atoms with Crippen LogP contribution in [0.25, 0.3) is 6.08 Å². The Morgan fingerprint density at radius 1 is 1.43 bits per heavy atom. The summed E-state index contributed by atoms with van der Waals surface area (Å²) in [5.74, 6) is -0.158. The molecule has 6 nitrogen and oxygen atoms in total. The first-order valence-electron chi connectivity index (χ1n) is 6.21. The number of nitro groups is 1. The number of hydrogen-bond donors (Lipinski definition) is 0. The maximum absolute atomic E-state index is 11.6. The van der Waals surface area contributed by atoms with E-state index in [0.717, 1.165) is 11.8 Å². The van der Waals surface area contributed by atoms with Crippen LogP contribution in [0.15, 0.2) is 24.3 Å². The molecule has 1 aromatic carbocycles. The Morgan fingerprint density at radius 3 is 2.71 bits per heavy atom. The van der Waals surface area contributed by atoms with E-state index in [1.54, 1.807) is 19.1 Å². The summed E-state index contributed by atoms with van der Waals surface area (Å²) in [7, 11) is 0. The fourth-order valence-corrected chi connectivity index (χ4v) is 1.95. The lowest BCUT2D eigenvalue weighted by Gasteiger charge is -2.03. The van der Waals surface area contributed by atoms with Gasteiger partial charge in [-0.15, -0.1) is 0 Å². The number of nitro benzene ring substituents is 1. The summed E-state index contributed by atoms with van der Waals surface area (Å²) < 4.78 is 4.81. The van der Waals surface area contributed by atoms with Crippen LogP contribution in [-0.4, -0.2) is 28.4 Å². The van der Waals surface area contributed by atoms with Gasteiger partial charge in [0.2, 0.25) is 0 Å². The highest BCUT2D eigenvalue weighted by molar-refractivity contribution is 8.13. The van der Waals surface area contributed by atoms with Gasteiger partial charge in [0.1, 0.15) is 0 Å². The lowest BCUT2D eigenvalue weighted by molar-refractivity contribution is -0.385. The highest BCUT2D eigenvalue weighted by Gasteiger charge is 2.16. The molecule has 0 heterocycles. The third-order valence-electron chi connectivity index (χ3n) is 2.42. The highest BCUT2D eigenvalue weighted by Crippen LogP contribution is 2.22. The van der Waals surface area contributed by atoms with Crippen molar-refractivity contribution in [3.63, 3.8) is 0 Å². The molecule has 0 radical (unpaired) electrons. The zero-order chi connectivity index (χ0) is 15.8. The van der Waals surface area contributed by atoms with Crippen molar-refractivity contribution in [2.75, 3.05) is 12.4 Å². The van der Waals surface area contributed by atoms with Gasteiger partial charge in [0.05, 0.1) is 22.7 Å². The minimum absolute atomic E-state index is 0.0215. The van der Waals surface area contributed by atoms with Crippen molar-refractivity contribution >= 4 is 34.6 Å². The van der Waals surface area contributed by atoms with Crippen molar-refractivity contribution in [3.05, 3.63) is 45.5 Å². The first-order chi connectivity index (χ1) is 9.95. The maximum Gasteiger partial charge on any atom is 0.338 e. The van der Waals surface area contributed by atoms with E-state index in [4.69, 9.17) is 4.74 Å². The topological polar surface area (TPSA) is 86.5 Å². The van der Waals surface area contributed by atoms with E-state index >= 15 is 0 Å². The fourth-order valence-electron chi connectivity index (χ4n) is 1.52. The average Bonchev–Trinajstić information content (AvgIpc) is 2.43. The van der Waals surface area contributed by atoms with E-state index in [1.807, 2.05) is 0 Å². The van der Waals surface area contributed by atoms with Crippen LogP contribution in [-0.2, 0) is 9.53 Å². The van der Waals surface area contributed by atoms with Crippen LogP contribution in [0.2, 0.25) is 0 Å². The summed E-state index contributed by atoms with van der Waals surface area (Å²) in [6.45, 7) is 3.32. The van der Waals surface area contributed by atoms with Gasteiger partial charge >= 0.3 is 5.97 Å². The molecule has 21 heavy (non-hydrogen) atoms. The zero-order valence-electron chi connectivity index (χ0n) is 11.7. The van der Waals surface area contributed by atoms with E-state index in [-0.39, 0.29) is 23.0 Å². The molecule has 0 aromatic heterocycles. The standard InChI is InChI=1S/C14H15NO5S/c1-3-20-14(17)12-7-6-11(13(9-12)15(18)19)5-4-8-21-10(2)16/h4-7,9H,3,8H2,1-2H3. The van der Waals surface area contributed by atoms with Gasteiger partial charge in [0.25, 0.3) is 5.69 Å². The summed E-state index contributed by atoms with van der Waals surface area (Å²) in [5, 5.41) is 11.0. The van der Waals surface area contributed by atoms with Crippen LogP contribution >= 0.6 is 11.8 Å². The molecule has 0 atom stereocenters. The molecule has 1 rings (SSSR count). The Hall–Kier alpha value is -2.15. The van der Waals surface area contributed by atoms with Crippen LogP contribution in [0.3, 0.4) is 0 Å². The molecule has 0 amide bonds. The quantitative estimate of drug-likeness (QED) is 0.456. The van der Waals surface area contributed by atoms with E-state index in [1.165, 1.54) is 25.1 Å². The number of nitrogens with zero attached hydrogens (tertiary/aromatic N) is 1. The van der Waals surface area contributed by atoms with Crippen LogP contribution in [0, 0.1) is 10.1 Å². The second-order valence-electron chi connectivity index (χ2n) is 3.96. The molecule has 0 aliphatic heterocycles. The van der Waals surface area contributed by atoms with Crippen LogP contribution in [0.1, 0.15) is 29.8 Å². The highest BCUT2D eigenvalue weighted by atomic mass is 32.2. The van der Waals surface area contributed by atoms with Gasteiger partial charge in [-0.25, -0.2) is 4.79 Å². The molecule has 0 fully saturated rings. The van der Waals surface area contributed by atoms with Gasteiger partial charge in [-0.05, 0) is 19.1 Å². The molecule has 112 valence electrons. The summed E-state index contributed by atoms with van der Waals surface area (Å²) in [6.07, 6.45) is 3.22. The fraction of sp³-hybridized carbons (Fsp3) is 0.286.